The Morgan fingerprint density at radius 2 is 2.22 bits per heavy atom. The molecule has 3 atom stereocenters. The fourth-order valence-corrected chi connectivity index (χ4v) is 4.91. The van der Waals surface area contributed by atoms with Crippen molar-refractivity contribution < 1.29 is 13.2 Å². The van der Waals surface area contributed by atoms with Crippen LogP contribution in [0.5, 0.6) is 0 Å². The summed E-state index contributed by atoms with van der Waals surface area (Å²) in [5, 5.41) is 0. The van der Waals surface area contributed by atoms with Gasteiger partial charge in [-0.1, -0.05) is 0 Å². The summed E-state index contributed by atoms with van der Waals surface area (Å²) in [5.41, 5.74) is 5.89. The molecule has 0 aromatic carbocycles. The molecule has 2 heterocycles. The molecule has 2 aliphatic heterocycles. The molecule has 18 heavy (non-hydrogen) atoms. The number of likely N-dealkylation sites (N-methyl/N-ethyl adjacent to an activating group) is 1. The summed E-state index contributed by atoms with van der Waals surface area (Å²) in [6.07, 6.45) is 2.95. The van der Waals surface area contributed by atoms with Crippen molar-refractivity contribution in [2.24, 2.45) is 11.7 Å². The molecule has 0 amide bonds. The van der Waals surface area contributed by atoms with Crippen LogP contribution in [-0.4, -0.2) is 63.7 Å². The number of hydrogen-bond donors (Lipinski definition) is 1. The van der Waals surface area contributed by atoms with Crippen molar-refractivity contribution in [3.63, 3.8) is 0 Å². The quantitative estimate of drug-likeness (QED) is 0.774. The van der Waals surface area contributed by atoms with Crippen molar-refractivity contribution in [1.82, 2.24) is 4.90 Å². The lowest BCUT2D eigenvalue weighted by Gasteiger charge is -2.38. The van der Waals surface area contributed by atoms with Crippen LogP contribution in [0.1, 0.15) is 19.3 Å². The summed E-state index contributed by atoms with van der Waals surface area (Å²) in [4.78, 5) is 2.18. The van der Waals surface area contributed by atoms with Gasteiger partial charge in [0, 0.05) is 25.2 Å². The van der Waals surface area contributed by atoms with Crippen LogP contribution in [-0.2, 0) is 14.6 Å². The van der Waals surface area contributed by atoms with Gasteiger partial charge in [-0.25, -0.2) is 8.42 Å². The molecule has 0 aromatic heterocycles. The Labute approximate surface area is 110 Å². The summed E-state index contributed by atoms with van der Waals surface area (Å²) >= 11 is 0. The Hall–Kier alpha value is -0.170. The minimum Gasteiger partial charge on any atom is -0.381 e. The molecule has 106 valence electrons. The second-order valence-corrected chi connectivity index (χ2v) is 7.73. The zero-order valence-electron chi connectivity index (χ0n) is 11.0. The molecule has 0 bridgehead atoms. The zero-order chi connectivity index (χ0) is 13.2. The van der Waals surface area contributed by atoms with E-state index in [1.165, 1.54) is 0 Å². The largest absolute Gasteiger partial charge is 0.381 e. The summed E-state index contributed by atoms with van der Waals surface area (Å²) in [6.45, 7) is 2.17. The molecule has 2 rings (SSSR count). The van der Waals surface area contributed by atoms with Crippen LogP contribution in [0.4, 0.5) is 0 Å². The fraction of sp³-hybridized carbons (Fsp3) is 1.00. The molecule has 2 N–H and O–H groups in total. The number of ether oxygens (including phenoxy) is 1. The third-order valence-corrected chi connectivity index (χ3v) is 6.04. The lowest BCUT2D eigenvalue weighted by atomic mass is 9.92. The van der Waals surface area contributed by atoms with Crippen molar-refractivity contribution in [3.05, 3.63) is 0 Å². The maximum atomic E-state index is 11.6. The van der Waals surface area contributed by atoms with Crippen molar-refractivity contribution in [2.75, 3.05) is 38.3 Å². The van der Waals surface area contributed by atoms with E-state index < -0.39 is 9.84 Å². The Balaban J connectivity index is 1.98. The standard InChI is InChI=1S/C12H24N2O3S/c1-14(11-4-6-18(15,16)9-11)12(7-13)10-3-2-5-17-8-10/h10-12H,2-9,13H2,1H3. The molecule has 3 unspecified atom stereocenters. The van der Waals surface area contributed by atoms with Crippen LogP contribution in [0.25, 0.3) is 0 Å². The van der Waals surface area contributed by atoms with Crippen LogP contribution in [0, 0.1) is 5.92 Å². The second kappa shape index (κ2) is 5.86. The molecule has 2 fully saturated rings. The van der Waals surface area contributed by atoms with Gasteiger partial charge < -0.3 is 10.5 Å². The molecular weight excluding hydrogens is 252 g/mol. The maximum absolute atomic E-state index is 11.6. The van der Waals surface area contributed by atoms with Gasteiger partial charge in [0.1, 0.15) is 0 Å². The van der Waals surface area contributed by atoms with E-state index in [1.54, 1.807) is 0 Å². The maximum Gasteiger partial charge on any atom is 0.151 e. The highest BCUT2D eigenvalue weighted by molar-refractivity contribution is 7.91. The van der Waals surface area contributed by atoms with Gasteiger partial charge >= 0.3 is 0 Å². The summed E-state index contributed by atoms with van der Waals surface area (Å²) in [6, 6.07) is 0.370. The molecule has 2 saturated heterocycles. The molecule has 0 spiro atoms. The topological polar surface area (TPSA) is 72.6 Å². The van der Waals surface area contributed by atoms with Crippen molar-refractivity contribution in [3.8, 4) is 0 Å². The molecule has 2 aliphatic rings. The first-order valence-corrected chi connectivity index (χ1v) is 8.56. The van der Waals surface area contributed by atoms with Gasteiger partial charge in [-0.05, 0) is 32.2 Å². The van der Waals surface area contributed by atoms with Crippen molar-refractivity contribution >= 4 is 9.84 Å². The van der Waals surface area contributed by atoms with Crippen molar-refractivity contribution in [2.45, 2.75) is 31.3 Å². The highest BCUT2D eigenvalue weighted by Crippen LogP contribution is 2.25. The molecule has 0 radical (unpaired) electrons. The first-order chi connectivity index (χ1) is 8.53. The second-order valence-electron chi connectivity index (χ2n) is 5.50. The van der Waals surface area contributed by atoms with Crippen LogP contribution >= 0.6 is 0 Å². The Kier molecular flexibility index (Phi) is 4.64. The average molecular weight is 276 g/mol. The minimum absolute atomic E-state index is 0.130. The number of sulfone groups is 1. The van der Waals surface area contributed by atoms with Crippen LogP contribution in [0.3, 0.4) is 0 Å². The van der Waals surface area contributed by atoms with Crippen LogP contribution < -0.4 is 5.73 Å². The molecule has 5 nitrogen and oxygen atoms in total. The molecular formula is C12H24N2O3S. The Bertz CT molecular complexity index is 366. The zero-order valence-corrected chi connectivity index (χ0v) is 11.9. The van der Waals surface area contributed by atoms with Crippen molar-refractivity contribution in [1.29, 1.82) is 0 Å². The van der Waals surface area contributed by atoms with Crippen LogP contribution in [0.15, 0.2) is 0 Å². The third kappa shape index (κ3) is 3.23. The Morgan fingerprint density at radius 3 is 2.72 bits per heavy atom. The predicted octanol–water partition coefficient (Wildman–Crippen LogP) is -0.141. The summed E-state index contributed by atoms with van der Waals surface area (Å²) in [5.74, 6) is 1.05. The monoisotopic (exact) mass is 276 g/mol. The average Bonchev–Trinajstić information content (AvgIpc) is 2.72. The van der Waals surface area contributed by atoms with E-state index in [9.17, 15) is 8.42 Å². The fourth-order valence-electron chi connectivity index (χ4n) is 3.13. The van der Waals surface area contributed by atoms with Gasteiger partial charge in [0.15, 0.2) is 9.84 Å². The SMILES string of the molecule is CN(C1CCS(=O)(=O)C1)C(CN)C1CCCOC1. The van der Waals surface area contributed by atoms with Gasteiger partial charge in [-0.2, -0.15) is 0 Å². The first-order valence-electron chi connectivity index (χ1n) is 6.73. The normalized spacial score (nSPS) is 33.7. The van der Waals surface area contributed by atoms with Gasteiger partial charge in [-0.15, -0.1) is 0 Å². The van der Waals surface area contributed by atoms with Gasteiger partial charge in [-0.3, -0.25) is 4.90 Å². The lowest BCUT2D eigenvalue weighted by molar-refractivity contribution is 0.00980. The first kappa shape index (κ1) is 14.2. The van der Waals surface area contributed by atoms with Crippen LogP contribution in [0.2, 0.25) is 0 Å². The molecule has 6 heteroatoms. The van der Waals surface area contributed by atoms with E-state index in [0.29, 0.717) is 18.2 Å². The number of nitrogens with zero attached hydrogens (tertiary/aromatic N) is 1. The number of nitrogens with two attached hydrogens (primary N) is 1. The van der Waals surface area contributed by atoms with Gasteiger partial charge in [0.25, 0.3) is 0 Å². The molecule has 0 aliphatic carbocycles. The van der Waals surface area contributed by atoms with Gasteiger partial charge in [0.2, 0.25) is 0 Å². The van der Waals surface area contributed by atoms with E-state index in [4.69, 9.17) is 10.5 Å². The number of hydrogen-bond acceptors (Lipinski definition) is 5. The lowest BCUT2D eigenvalue weighted by Crippen LogP contribution is -2.50. The van der Waals surface area contributed by atoms with Gasteiger partial charge in [0.05, 0.1) is 18.1 Å². The van der Waals surface area contributed by atoms with E-state index in [0.717, 1.165) is 32.5 Å². The minimum atomic E-state index is -2.83. The van der Waals surface area contributed by atoms with E-state index in [-0.39, 0.29) is 17.8 Å². The summed E-state index contributed by atoms with van der Waals surface area (Å²) in [7, 11) is -0.815. The molecule has 0 saturated carbocycles. The highest BCUT2D eigenvalue weighted by atomic mass is 32.2. The predicted molar refractivity (Wildman–Crippen MR) is 71.2 cm³/mol. The van der Waals surface area contributed by atoms with E-state index in [2.05, 4.69) is 4.90 Å². The smallest absolute Gasteiger partial charge is 0.151 e. The van der Waals surface area contributed by atoms with E-state index >= 15 is 0 Å². The Morgan fingerprint density at radius 1 is 1.44 bits per heavy atom. The summed E-state index contributed by atoms with van der Waals surface area (Å²) < 4.78 is 28.6. The molecule has 0 aromatic rings. The third-order valence-electron chi connectivity index (χ3n) is 4.29. The highest BCUT2D eigenvalue weighted by Gasteiger charge is 2.36. The number of rotatable bonds is 4. The van der Waals surface area contributed by atoms with E-state index in [1.807, 2.05) is 7.05 Å².